The third-order valence-corrected chi connectivity index (χ3v) is 4.98. The summed E-state index contributed by atoms with van der Waals surface area (Å²) < 4.78 is 5.23. The zero-order valence-electron chi connectivity index (χ0n) is 18.5. The maximum absolute atomic E-state index is 12.8. The van der Waals surface area contributed by atoms with Crippen molar-refractivity contribution in [3.8, 4) is 0 Å². The lowest BCUT2D eigenvalue weighted by atomic mass is 10.1. The van der Waals surface area contributed by atoms with Crippen molar-refractivity contribution >= 4 is 29.2 Å². The molecule has 0 spiro atoms. The number of ketones is 1. The van der Waals surface area contributed by atoms with Crippen LogP contribution < -0.4 is 10.2 Å². The standard InChI is InChI=1S/C24H29N3O4/c1-17(28)18-7-11-21(12-8-18)26-13-15-27(16-14-26)22(29)19-5-9-20(10-6-19)25-23(30)31-24(2,3)4/h5-12H,13-16H2,1-4H3,(H,25,30). The average molecular weight is 424 g/mol. The van der Waals surface area contributed by atoms with Gasteiger partial charge in [-0.05, 0) is 76.2 Å². The van der Waals surface area contributed by atoms with Crippen molar-refractivity contribution in [3.05, 3.63) is 59.7 Å². The third kappa shape index (κ3) is 6.07. The molecule has 0 aromatic heterocycles. The molecular weight excluding hydrogens is 394 g/mol. The van der Waals surface area contributed by atoms with Crippen molar-refractivity contribution in [2.75, 3.05) is 36.4 Å². The summed E-state index contributed by atoms with van der Waals surface area (Å²) in [7, 11) is 0. The maximum atomic E-state index is 12.8. The van der Waals surface area contributed by atoms with E-state index in [4.69, 9.17) is 4.74 Å². The molecular formula is C24H29N3O4. The number of hydrogen-bond acceptors (Lipinski definition) is 5. The van der Waals surface area contributed by atoms with Crippen LogP contribution in [0, 0.1) is 0 Å². The number of nitrogens with one attached hydrogen (secondary N) is 1. The Morgan fingerprint density at radius 3 is 1.90 bits per heavy atom. The number of piperazine rings is 1. The second-order valence-corrected chi connectivity index (χ2v) is 8.59. The van der Waals surface area contributed by atoms with E-state index in [-0.39, 0.29) is 11.7 Å². The summed E-state index contributed by atoms with van der Waals surface area (Å²) >= 11 is 0. The highest BCUT2D eigenvalue weighted by molar-refractivity contribution is 5.95. The highest BCUT2D eigenvalue weighted by atomic mass is 16.6. The maximum Gasteiger partial charge on any atom is 0.412 e. The summed E-state index contributed by atoms with van der Waals surface area (Å²) in [6.45, 7) is 9.64. The lowest BCUT2D eigenvalue weighted by molar-refractivity contribution is 0.0635. The van der Waals surface area contributed by atoms with E-state index in [0.29, 0.717) is 29.9 Å². The molecule has 1 heterocycles. The van der Waals surface area contributed by atoms with Crippen molar-refractivity contribution in [1.29, 1.82) is 0 Å². The van der Waals surface area contributed by atoms with E-state index in [9.17, 15) is 14.4 Å². The predicted molar refractivity (Wildman–Crippen MR) is 121 cm³/mol. The molecule has 7 heteroatoms. The number of nitrogens with zero attached hydrogens (tertiary/aromatic N) is 2. The van der Waals surface area contributed by atoms with Gasteiger partial charge < -0.3 is 14.5 Å². The Labute approximate surface area is 183 Å². The van der Waals surface area contributed by atoms with Gasteiger partial charge in [0.15, 0.2) is 5.78 Å². The molecule has 2 amide bonds. The van der Waals surface area contributed by atoms with Gasteiger partial charge in [-0.25, -0.2) is 4.79 Å². The average Bonchev–Trinajstić information content (AvgIpc) is 2.72. The summed E-state index contributed by atoms with van der Waals surface area (Å²) in [6.07, 6.45) is -0.529. The summed E-state index contributed by atoms with van der Waals surface area (Å²) in [4.78, 5) is 40.2. The van der Waals surface area contributed by atoms with Crippen molar-refractivity contribution in [3.63, 3.8) is 0 Å². The van der Waals surface area contributed by atoms with E-state index < -0.39 is 11.7 Å². The molecule has 2 aromatic rings. The SMILES string of the molecule is CC(=O)c1ccc(N2CCN(C(=O)c3ccc(NC(=O)OC(C)(C)C)cc3)CC2)cc1. The quantitative estimate of drug-likeness (QED) is 0.746. The van der Waals surface area contributed by atoms with Crippen LogP contribution in [0.1, 0.15) is 48.4 Å². The largest absolute Gasteiger partial charge is 0.444 e. The third-order valence-electron chi connectivity index (χ3n) is 4.98. The molecule has 1 aliphatic heterocycles. The van der Waals surface area contributed by atoms with Crippen LogP contribution in [-0.4, -0.2) is 54.5 Å². The number of anilines is 2. The predicted octanol–water partition coefficient (Wildman–Crippen LogP) is 4.20. The Morgan fingerprint density at radius 2 is 1.39 bits per heavy atom. The fraction of sp³-hybridized carbons (Fsp3) is 0.375. The van der Waals surface area contributed by atoms with E-state index in [1.54, 1.807) is 52.0 Å². The minimum atomic E-state index is -0.572. The topological polar surface area (TPSA) is 79.0 Å². The second-order valence-electron chi connectivity index (χ2n) is 8.59. The molecule has 164 valence electrons. The van der Waals surface area contributed by atoms with Crippen LogP contribution in [0.5, 0.6) is 0 Å². The van der Waals surface area contributed by atoms with Crippen LogP contribution in [0.15, 0.2) is 48.5 Å². The summed E-state index contributed by atoms with van der Waals surface area (Å²) in [5.41, 5.74) is 2.33. The molecule has 1 saturated heterocycles. The Kier molecular flexibility index (Phi) is 6.63. The highest BCUT2D eigenvalue weighted by Crippen LogP contribution is 2.19. The lowest BCUT2D eigenvalue weighted by Crippen LogP contribution is -2.48. The van der Waals surface area contributed by atoms with Crippen LogP contribution in [0.2, 0.25) is 0 Å². The lowest BCUT2D eigenvalue weighted by Gasteiger charge is -2.36. The van der Waals surface area contributed by atoms with E-state index in [0.717, 1.165) is 18.8 Å². The monoisotopic (exact) mass is 423 g/mol. The molecule has 3 rings (SSSR count). The molecule has 0 aliphatic carbocycles. The van der Waals surface area contributed by atoms with Gasteiger partial charge in [-0.15, -0.1) is 0 Å². The Hall–Kier alpha value is -3.35. The fourth-order valence-corrected chi connectivity index (χ4v) is 3.37. The molecule has 0 saturated carbocycles. The Morgan fingerprint density at radius 1 is 0.839 bits per heavy atom. The van der Waals surface area contributed by atoms with Gasteiger partial charge in [-0.1, -0.05) is 0 Å². The number of amides is 2. The van der Waals surface area contributed by atoms with E-state index in [1.807, 2.05) is 29.2 Å². The second kappa shape index (κ2) is 9.20. The molecule has 2 aromatic carbocycles. The number of rotatable bonds is 4. The highest BCUT2D eigenvalue weighted by Gasteiger charge is 2.23. The minimum absolute atomic E-state index is 0.0320. The molecule has 0 radical (unpaired) electrons. The van der Waals surface area contributed by atoms with Crippen LogP contribution in [-0.2, 0) is 4.74 Å². The van der Waals surface area contributed by atoms with Gasteiger partial charge in [0.2, 0.25) is 0 Å². The van der Waals surface area contributed by atoms with Crippen molar-refractivity contribution < 1.29 is 19.1 Å². The van der Waals surface area contributed by atoms with E-state index in [1.165, 1.54) is 0 Å². The molecule has 0 bridgehead atoms. The number of carbonyl (C=O) groups is 3. The molecule has 1 aliphatic rings. The Bertz CT molecular complexity index is 938. The zero-order chi connectivity index (χ0) is 22.6. The van der Waals surface area contributed by atoms with Crippen LogP contribution >= 0.6 is 0 Å². The van der Waals surface area contributed by atoms with Crippen LogP contribution in [0.25, 0.3) is 0 Å². The first-order chi connectivity index (χ1) is 14.6. The molecule has 0 atom stereocenters. The minimum Gasteiger partial charge on any atom is -0.444 e. The molecule has 1 N–H and O–H groups in total. The van der Waals surface area contributed by atoms with E-state index in [2.05, 4.69) is 10.2 Å². The molecule has 1 fully saturated rings. The van der Waals surface area contributed by atoms with Gasteiger partial charge in [0.25, 0.3) is 5.91 Å². The number of carbonyl (C=O) groups excluding carboxylic acids is 3. The molecule has 0 unspecified atom stereocenters. The molecule has 31 heavy (non-hydrogen) atoms. The van der Waals surface area contributed by atoms with E-state index >= 15 is 0 Å². The number of ether oxygens (including phenoxy) is 1. The number of hydrogen-bond donors (Lipinski definition) is 1. The normalized spacial score (nSPS) is 14.2. The van der Waals surface area contributed by atoms with Crippen LogP contribution in [0.4, 0.5) is 16.2 Å². The molecule has 7 nitrogen and oxygen atoms in total. The number of Topliss-reactive ketones (excluding diaryl/α,β-unsaturated/α-hetero) is 1. The summed E-state index contributed by atoms with van der Waals surface area (Å²) in [5.74, 6) is 0.0182. The Balaban J connectivity index is 1.54. The first kappa shape index (κ1) is 22.3. The fourth-order valence-electron chi connectivity index (χ4n) is 3.37. The van der Waals surface area contributed by atoms with Crippen molar-refractivity contribution in [1.82, 2.24) is 4.90 Å². The van der Waals surface area contributed by atoms with Gasteiger partial charge in [-0.2, -0.15) is 0 Å². The van der Waals surface area contributed by atoms with Crippen molar-refractivity contribution in [2.24, 2.45) is 0 Å². The van der Waals surface area contributed by atoms with Gasteiger partial charge in [0.1, 0.15) is 5.60 Å². The van der Waals surface area contributed by atoms with Gasteiger partial charge in [0, 0.05) is 48.7 Å². The zero-order valence-corrected chi connectivity index (χ0v) is 18.5. The van der Waals surface area contributed by atoms with Gasteiger partial charge in [-0.3, -0.25) is 14.9 Å². The van der Waals surface area contributed by atoms with Gasteiger partial charge >= 0.3 is 6.09 Å². The van der Waals surface area contributed by atoms with Crippen molar-refractivity contribution in [2.45, 2.75) is 33.3 Å². The first-order valence-electron chi connectivity index (χ1n) is 10.4. The summed E-state index contributed by atoms with van der Waals surface area (Å²) in [5, 5.41) is 2.67. The van der Waals surface area contributed by atoms with Crippen LogP contribution in [0.3, 0.4) is 0 Å². The first-order valence-corrected chi connectivity index (χ1v) is 10.4. The smallest absolute Gasteiger partial charge is 0.412 e. The van der Waals surface area contributed by atoms with Gasteiger partial charge in [0.05, 0.1) is 0 Å². The number of benzene rings is 2. The summed E-state index contributed by atoms with van der Waals surface area (Å²) in [6, 6.07) is 14.4.